The van der Waals surface area contributed by atoms with Gasteiger partial charge in [0.25, 0.3) is 5.56 Å². The number of hydrogen-bond donors (Lipinski definition) is 1. The highest BCUT2D eigenvalue weighted by molar-refractivity contribution is 5.17. The molecule has 0 bridgehead atoms. The fraction of sp³-hybridized carbons (Fsp3) is 0.444. The van der Waals surface area contributed by atoms with E-state index in [1.807, 2.05) is 6.92 Å². The molecular weight excluding hydrogens is 154 g/mol. The number of pyridine rings is 1. The van der Waals surface area contributed by atoms with E-state index in [4.69, 9.17) is 5.11 Å². The Morgan fingerprint density at radius 3 is 2.75 bits per heavy atom. The Hall–Kier alpha value is -1.25. The largest absolute Gasteiger partial charge is 0.508 e. The van der Waals surface area contributed by atoms with Gasteiger partial charge in [-0.3, -0.25) is 4.79 Å². The van der Waals surface area contributed by atoms with Crippen LogP contribution in [0.4, 0.5) is 0 Å². The molecule has 1 N–H and O–H groups in total. The van der Waals surface area contributed by atoms with Crippen molar-refractivity contribution in [1.29, 1.82) is 0 Å². The third kappa shape index (κ3) is 1.02. The normalized spacial score (nSPS) is 19.1. The van der Waals surface area contributed by atoms with Gasteiger partial charge in [-0.25, -0.2) is 0 Å². The van der Waals surface area contributed by atoms with Crippen molar-refractivity contribution in [2.45, 2.75) is 25.3 Å². The third-order valence-corrected chi connectivity index (χ3v) is 2.46. The summed E-state index contributed by atoms with van der Waals surface area (Å²) in [5.74, 6) is 0.0421. The van der Waals surface area contributed by atoms with E-state index < -0.39 is 0 Å². The van der Waals surface area contributed by atoms with Crippen LogP contribution in [0, 0.1) is 0 Å². The predicted molar refractivity (Wildman–Crippen MR) is 45.2 cm³/mol. The number of aromatic nitrogens is 1. The van der Waals surface area contributed by atoms with Crippen molar-refractivity contribution in [3.63, 3.8) is 0 Å². The lowest BCUT2D eigenvalue weighted by atomic mass is 10.3. The maximum absolute atomic E-state index is 11.3. The van der Waals surface area contributed by atoms with Gasteiger partial charge in [0.2, 0.25) is 0 Å². The molecule has 1 saturated carbocycles. The Bertz CT molecular complexity index is 363. The minimum Gasteiger partial charge on any atom is -0.508 e. The van der Waals surface area contributed by atoms with Crippen LogP contribution < -0.4 is 5.56 Å². The SMILES string of the molecule is CC1(n2ccc(O)cc2=O)CC1. The average molecular weight is 165 g/mol. The highest BCUT2D eigenvalue weighted by atomic mass is 16.3. The summed E-state index contributed by atoms with van der Waals surface area (Å²) in [6.07, 6.45) is 3.76. The minimum atomic E-state index is -0.116. The predicted octanol–water partition coefficient (Wildman–Crippen LogP) is 1.06. The van der Waals surface area contributed by atoms with Crippen LogP contribution in [-0.2, 0) is 5.54 Å². The molecule has 1 aliphatic carbocycles. The molecule has 0 amide bonds. The summed E-state index contributed by atoms with van der Waals surface area (Å²) in [6, 6.07) is 2.80. The summed E-state index contributed by atoms with van der Waals surface area (Å²) in [5, 5.41) is 9.01. The first-order valence-electron chi connectivity index (χ1n) is 4.04. The molecule has 1 heterocycles. The van der Waals surface area contributed by atoms with E-state index >= 15 is 0 Å². The topological polar surface area (TPSA) is 42.2 Å². The lowest BCUT2D eigenvalue weighted by Crippen LogP contribution is -2.26. The minimum absolute atomic E-state index is 0.0186. The van der Waals surface area contributed by atoms with E-state index in [-0.39, 0.29) is 16.8 Å². The Balaban J connectivity index is 2.53. The van der Waals surface area contributed by atoms with Crippen molar-refractivity contribution in [1.82, 2.24) is 4.57 Å². The van der Waals surface area contributed by atoms with Crippen molar-refractivity contribution < 1.29 is 5.11 Å². The highest BCUT2D eigenvalue weighted by Gasteiger charge is 2.39. The van der Waals surface area contributed by atoms with Crippen molar-refractivity contribution >= 4 is 0 Å². The van der Waals surface area contributed by atoms with Gasteiger partial charge in [-0.15, -0.1) is 0 Å². The van der Waals surface area contributed by atoms with Gasteiger partial charge in [0.15, 0.2) is 0 Å². The van der Waals surface area contributed by atoms with Crippen LogP contribution in [-0.4, -0.2) is 9.67 Å². The molecule has 0 unspecified atom stereocenters. The van der Waals surface area contributed by atoms with E-state index in [0.29, 0.717) is 0 Å². The number of nitrogens with zero attached hydrogens (tertiary/aromatic N) is 1. The maximum Gasteiger partial charge on any atom is 0.254 e. The van der Waals surface area contributed by atoms with Gasteiger partial charge in [0.05, 0.1) is 0 Å². The summed E-state index contributed by atoms with van der Waals surface area (Å²) < 4.78 is 1.69. The molecule has 0 saturated heterocycles. The van der Waals surface area contributed by atoms with Gasteiger partial charge in [0.1, 0.15) is 5.75 Å². The molecule has 0 spiro atoms. The van der Waals surface area contributed by atoms with Crippen LogP contribution in [0.5, 0.6) is 5.75 Å². The Kier molecular flexibility index (Phi) is 1.31. The molecule has 3 heteroatoms. The van der Waals surface area contributed by atoms with Crippen LogP contribution in [0.1, 0.15) is 19.8 Å². The van der Waals surface area contributed by atoms with E-state index in [9.17, 15) is 4.79 Å². The molecule has 2 rings (SSSR count). The number of aromatic hydroxyl groups is 1. The summed E-state index contributed by atoms with van der Waals surface area (Å²) in [5.41, 5.74) is -0.0971. The first-order chi connectivity index (χ1) is 5.62. The molecule has 1 aromatic rings. The average Bonchev–Trinajstić information content (AvgIpc) is 2.68. The molecule has 0 atom stereocenters. The summed E-state index contributed by atoms with van der Waals surface area (Å²) in [6.45, 7) is 2.05. The molecule has 0 radical (unpaired) electrons. The lowest BCUT2D eigenvalue weighted by molar-refractivity contribution is 0.460. The second-order valence-electron chi connectivity index (χ2n) is 3.59. The second kappa shape index (κ2) is 2.12. The highest BCUT2D eigenvalue weighted by Crippen LogP contribution is 2.41. The van der Waals surface area contributed by atoms with Crippen LogP contribution >= 0.6 is 0 Å². The first-order valence-corrected chi connectivity index (χ1v) is 4.04. The van der Waals surface area contributed by atoms with Gasteiger partial charge in [-0.1, -0.05) is 0 Å². The van der Waals surface area contributed by atoms with Gasteiger partial charge < -0.3 is 9.67 Å². The van der Waals surface area contributed by atoms with E-state index in [1.54, 1.807) is 16.8 Å². The zero-order valence-electron chi connectivity index (χ0n) is 6.95. The Labute approximate surface area is 70.3 Å². The zero-order chi connectivity index (χ0) is 8.77. The van der Waals surface area contributed by atoms with Gasteiger partial charge in [-0.2, -0.15) is 0 Å². The summed E-state index contributed by atoms with van der Waals surface area (Å²) in [7, 11) is 0. The smallest absolute Gasteiger partial charge is 0.254 e. The van der Waals surface area contributed by atoms with Gasteiger partial charge in [-0.05, 0) is 25.8 Å². The van der Waals surface area contributed by atoms with Crippen LogP contribution in [0.2, 0.25) is 0 Å². The molecule has 0 aromatic carbocycles. The molecule has 1 fully saturated rings. The molecule has 3 nitrogen and oxygen atoms in total. The fourth-order valence-electron chi connectivity index (χ4n) is 1.34. The Morgan fingerprint density at radius 1 is 1.58 bits per heavy atom. The lowest BCUT2D eigenvalue weighted by Gasteiger charge is -2.11. The van der Waals surface area contributed by atoms with Crippen molar-refractivity contribution in [3.05, 3.63) is 28.7 Å². The van der Waals surface area contributed by atoms with E-state index in [2.05, 4.69) is 0 Å². The molecule has 1 aliphatic rings. The van der Waals surface area contributed by atoms with Crippen molar-refractivity contribution in [2.24, 2.45) is 0 Å². The first kappa shape index (κ1) is 7.40. The third-order valence-electron chi connectivity index (χ3n) is 2.46. The standard InChI is InChI=1S/C9H11NO2/c1-9(3-4-9)10-5-2-7(11)6-8(10)12/h2,5-6,11H,3-4H2,1H3. The van der Waals surface area contributed by atoms with E-state index in [1.165, 1.54) is 6.07 Å². The van der Waals surface area contributed by atoms with Gasteiger partial charge >= 0.3 is 0 Å². The van der Waals surface area contributed by atoms with Crippen molar-refractivity contribution in [2.75, 3.05) is 0 Å². The maximum atomic E-state index is 11.3. The van der Waals surface area contributed by atoms with Crippen molar-refractivity contribution in [3.8, 4) is 5.75 Å². The molecule has 12 heavy (non-hydrogen) atoms. The summed E-state index contributed by atoms with van der Waals surface area (Å²) >= 11 is 0. The quantitative estimate of drug-likeness (QED) is 0.676. The summed E-state index contributed by atoms with van der Waals surface area (Å²) in [4.78, 5) is 11.3. The molecule has 0 aliphatic heterocycles. The van der Waals surface area contributed by atoms with E-state index in [0.717, 1.165) is 12.8 Å². The van der Waals surface area contributed by atoms with Crippen LogP contribution in [0.3, 0.4) is 0 Å². The fourth-order valence-corrected chi connectivity index (χ4v) is 1.34. The molecule has 64 valence electrons. The number of hydrogen-bond acceptors (Lipinski definition) is 2. The van der Waals surface area contributed by atoms with Crippen LogP contribution in [0.15, 0.2) is 23.1 Å². The second-order valence-corrected chi connectivity index (χ2v) is 3.59. The molecule has 1 aromatic heterocycles. The van der Waals surface area contributed by atoms with Crippen LogP contribution in [0.25, 0.3) is 0 Å². The Morgan fingerprint density at radius 2 is 2.25 bits per heavy atom. The monoisotopic (exact) mass is 165 g/mol. The zero-order valence-corrected chi connectivity index (χ0v) is 6.95. The molecular formula is C9H11NO2. The van der Waals surface area contributed by atoms with Gasteiger partial charge in [0, 0.05) is 17.8 Å². The number of rotatable bonds is 1.